The van der Waals surface area contributed by atoms with E-state index < -0.39 is 0 Å². The minimum absolute atomic E-state index is 0.0789. The second-order valence-corrected chi connectivity index (χ2v) is 7.40. The van der Waals surface area contributed by atoms with Crippen molar-refractivity contribution >= 4 is 33.4 Å². The molecule has 122 valence electrons. The fourth-order valence-electron chi connectivity index (χ4n) is 1.87. The Bertz CT molecular complexity index is 506. The highest BCUT2D eigenvalue weighted by atomic mass is 79.9. The van der Waals surface area contributed by atoms with Crippen molar-refractivity contribution in [2.75, 3.05) is 11.9 Å². The highest BCUT2D eigenvalue weighted by Gasteiger charge is 2.14. The van der Waals surface area contributed by atoms with Crippen LogP contribution in [0.15, 0.2) is 24.3 Å². The summed E-state index contributed by atoms with van der Waals surface area (Å²) in [4.78, 5) is 23.2. The second kappa shape index (κ2) is 8.32. The van der Waals surface area contributed by atoms with Gasteiger partial charge in [-0.3, -0.25) is 9.59 Å². The molecule has 0 fully saturated rings. The topological polar surface area (TPSA) is 58.2 Å². The van der Waals surface area contributed by atoms with Gasteiger partial charge in [0.1, 0.15) is 0 Å². The fourth-order valence-corrected chi connectivity index (χ4v) is 2.03. The molecule has 2 N–H and O–H groups in total. The Hall–Kier alpha value is -1.36. The zero-order chi connectivity index (χ0) is 16.8. The van der Waals surface area contributed by atoms with E-state index in [4.69, 9.17) is 0 Å². The lowest BCUT2D eigenvalue weighted by Gasteiger charge is -2.19. The van der Waals surface area contributed by atoms with Gasteiger partial charge in [0.15, 0.2) is 0 Å². The Morgan fingerprint density at radius 2 is 1.77 bits per heavy atom. The van der Waals surface area contributed by atoms with Gasteiger partial charge in [0.25, 0.3) is 0 Å². The maximum Gasteiger partial charge on any atom is 0.233 e. The Labute approximate surface area is 141 Å². The molecule has 1 unspecified atom stereocenters. The normalized spacial score (nSPS) is 12.6. The predicted molar refractivity (Wildman–Crippen MR) is 94.4 cm³/mol. The van der Waals surface area contributed by atoms with Gasteiger partial charge in [-0.25, -0.2) is 0 Å². The molecule has 0 aromatic heterocycles. The maximum atomic E-state index is 11.8. The third kappa shape index (κ3) is 6.18. The van der Waals surface area contributed by atoms with Crippen molar-refractivity contribution in [1.29, 1.82) is 0 Å². The van der Waals surface area contributed by atoms with Crippen LogP contribution in [0.4, 0.5) is 5.69 Å². The summed E-state index contributed by atoms with van der Waals surface area (Å²) in [5, 5.41) is 5.57. The van der Waals surface area contributed by atoms with E-state index in [-0.39, 0.29) is 28.5 Å². The summed E-state index contributed by atoms with van der Waals surface area (Å²) in [7, 11) is 0. The fraction of sp³-hybridized carbons (Fsp3) is 0.529. The number of benzene rings is 1. The molecule has 1 atom stereocenters. The Morgan fingerprint density at radius 1 is 1.18 bits per heavy atom. The summed E-state index contributed by atoms with van der Waals surface area (Å²) in [5.41, 5.74) is 2.09. The smallest absolute Gasteiger partial charge is 0.233 e. The van der Waals surface area contributed by atoms with Gasteiger partial charge in [0, 0.05) is 18.7 Å². The second-order valence-electron chi connectivity index (χ2n) is 6.29. The first-order valence-corrected chi connectivity index (χ1v) is 8.47. The zero-order valence-corrected chi connectivity index (χ0v) is 15.3. The molecular formula is C17H25BrN2O2. The number of amides is 2. The molecule has 0 saturated carbocycles. The van der Waals surface area contributed by atoms with E-state index in [1.54, 1.807) is 0 Å². The summed E-state index contributed by atoms with van der Waals surface area (Å²) in [6.07, 6.45) is 0.981. The highest BCUT2D eigenvalue weighted by molar-refractivity contribution is 9.10. The quantitative estimate of drug-likeness (QED) is 0.753. The van der Waals surface area contributed by atoms with Crippen LogP contribution in [0.3, 0.4) is 0 Å². The van der Waals surface area contributed by atoms with Crippen LogP contribution in [-0.2, 0) is 15.0 Å². The molecule has 1 aromatic carbocycles. The molecule has 5 heteroatoms. The lowest BCUT2D eigenvalue weighted by atomic mass is 9.87. The van der Waals surface area contributed by atoms with E-state index in [1.165, 1.54) is 5.56 Å². The summed E-state index contributed by atoms with van der Waals surface area (Å²) in [5.74, 6) is -0.184. The van der Waals surface area contributed by atoms with Gasteiger partial charge in [-0.2, -0.15) is 0 Å². The largest absolute Gasteiger partial charge is 0.355 e. The lowest BCUT2D eigenvalue weighted by Crippen LogP contribution is -2.33. The number of alkyl halides is 1. The molecule has 0 radical (unpaired) electrons. The third-order valence-electron chi connectivity index (χ3n) is 3.33. The monoisotopic (exact) mass is 368 g/mol. The summed E-state index contributed by atoms with van der Waals surface area (Å²) in [6, 6.07) is 7.85. The number of carbonyl (C=O) groups excluding carboxylic acids is 2. The third-order valence-corrected chi connectivity index (χ3v) is 4.39. The van der Waals surface area contributed by atoms with E-state index in [9.17, 15) is 9.59 Å². The number of anilines is 1. The van der Waals surface area contributed by atoms with Crippen molar-refractivity contribution in [1.82, 2.24) is 5.32 Å². The van der Waals surface area contributed by atoms with Crippen LogP contribution >= 0.6 is 15.9 Å². The molecule has 22 heavy (non-hydrogen) atoms. The summed E-state index contributed by atoms with van der Waals surface area (Å²) >= 11 is 3.27. The van der Waals surface area contributed by atoms with Crippen molar-refractivity contribution in [3.8, 4) is 0 Å². The van der Waals surface area contributed by atoms with Crippen molar-refractivity contribution in [2.24, 2.45) is 0 Å². The lowest BCUT2D eigenvalue weighted by molar-refractivity contribution is -0.120. The first-order valence-electron chi connectivity index (χ1n) is 7.56. The van der Waals surface area contributed by atoms with E-state index in [1.807, 2.05) is 31.2 Å². The van der Waals surface area contributed by atoms with Gasteiger partial charge in [-0.15, -0.1) is 0 Å². The standard InChI is InChI=1S/C17H25BrN2O2/c1-5-14(18)16(22)19-11-10-15(21)20-13-8-6-12(7-9-13)17(2,3)4/h6-9,14H,5,10-11H2,1-4H3,(H,19,22)(H,20,21). The van der Waals surface area contributed by atoms with Gasteiger partial charge in [0.05, 0.1) is 4.83 Å². The van der Waals surface area contributed by atoms with Crippen molar-refractivity contribution in [3.63, 3.8) is 0 Å². The Kier molecular flexibility index (Phi) is 7.07. The van der Waals surface area contributed by atoms with Crippen LogP contribution < -0.4 is 10.6 Å². The number of rotatable bonds is 6. The number of hydrogen-bond acceptors (Lipinski definition) is 2. The van der Waals surface area contributed by atoms with Crippen LogP contribution in [0.5, 0.6) is 0 Å². The van der Waals surface area contributed by atoms with Crippen LogP contribution in [-0.4, -0.2) is 23.2 Å². The van der Waals surface area contributed by atoms with E-state index in [2.05, 4.69) is 47.3 Å². The van der Waals surface area contributed by atoms with Gasteiger partial charge < -0.3 is 10.6 Å². The molecule has 4 nitrogen and oxygen atoms in total. The molecule has 0 heterocycles. The van der Waals surface area contributed by atoms with E-state index in [0.717, 1.165) is 12.1 Å². The van der Waals surface area contributed by atoms with Crippen LogP contribution in [0.25, 0.3) is 0 Å². The Balaban J connectivity index is 2.41. The van der Waals surface area contributed by atoms with E-state index >= 15 is 0 Å². The number of halogens is 1. The molecule has 0 bridgehead atoms. The van der Waals surface area contributed by atoms with Crippen LogP contribution in [0.1, 0.15) is 46.1 Å². The van der Waals surface area contributed by atoms with Gasteiger partial charge in [-0.1, -0.05) is 55.8 Å². The molecule has 0 aliphatic rings. The number of carbonyl (C=O) groups is 2. The molecule has 1 aromatic rings. The number of nitrogens with one attached hydrogen (secondary N) is 2. The van der Waals surface area contributed by atoms with Crippen LogP contribution in [0.2, 0.25) is 0 Å². The molecule has 0 saturated heterocycles. The van der Waals surface area contributed by atoms with Gasteiger partial charge in [0.2, 0.25) is 11.8 Å². The first kappa shape index (κ1) is 18.7. The minimum atomic E-state index is -0.194. The van der Waals surface area contributed by atoms with E-state index in [0.29, 0.717) is 6.54 Å². The minimum Gasteiger partial charge on any atom is -0.355 e. The summed E-state index contributed by atoms with van der Waals surface area (Å²) in [6.45, 7) is 8.71. The maximum absolute atomic E-state index is 11.8. The summed E-state index contributed by atoms with van der Waals surface area (Å²) < 4.78 is 0. The highest BCUT2D eigenvalue weighted by Crippen LogP contribution is 2.23. The average Bonchev–Trinajstić information content (AvgIpc) is 2.45. The molecule has 2 amide bonds. The SMILES string of the molecule is CCC(Br)C(=O)NCCC(=O)Nc1ccc(C(C)(C)C)cc1. The molecule has 0 spiro atoms. The van der Waals surface area contributed by atoms with Crippen molar-refractivity contribution in [2.45, 2.75) is 50.8 Å². The van der Waals surface area contributed by atoms with Crippen molar-refractivity contribution in [3.05, 3.63) is 29.8 Å². The van der Waals surface area contributed by atoms with Gasteiger partial charge >= 0.3 is 0 Å². The first-order chi connectivity index (χ1) is 10.2. The average molecular weight is 369 g/mol. The zero-order valence-electron chi connectivity index (χ0n) is 13.7. The molecule has 0 aliphatic carbocycles. The molecule has 0 aliphatic heterocycles. The van der Waals surface area contributed by atoms with Crippen molar-refractivity contribution < 1.29 is 9.59 Å². The Morgan fingerprint density at radius 3 is 2.27 bits per heavy atom. The molecule has 1 rings (SSSR count). The number of hydrogen-bond donors (Lipinski definition) is 2. The van der Waals surface area contributed by atoms with Crippen LogP contribution in [0, 0.1) is 0 Å². The predicted octanol–water partition coefficient (Wildman–Crippen LogP) is 3.60. The van der Waals surface area contributed by atoms with Gasteiger partial charge in [-0.05, 0) is 29.5 Å². The molecular weight excluding hydrogens is 344 g/mol.